The molecule has 2 fully saturated rings. The zero-order valence-electron chi connectivity index (χ0n) is 18.2. The molecule has 1 atom stereocenters. The Labute approximate surface area is 187 Å². The van der Waals surface area contributed by atoms with Gasteiger partial charge in [-0.1, -0.05) is 0 Å². The monoisotopic (exact) mass is 440 g/mol. The fourth-order valence-corrected chi connectivity index (χ4v) is 3.87. The van der Waals surface area contributed by atoms with E-state index in [0.717, 1.165) is 0 Å². The summed E-state index contributed by atoms with van der Waals surface area (Å²) in [6.45, 7) is 5.57. The molecule has 9 heteroatoms. The maximum absolute atomic E-state index is 13.0. The number of hydrogen-bond donors (Lipinski definition) is 1. The molecule has 4 rings (SSSR count). The molecule has 1 N–H and O–H groups in total. The number of hydrogen-bond acceptors (Lipinski definition) is 7. The lowest BCUT2D eigenvalue weighted by molar-refractivity contribution is -0.171. The highest BCUT2D eigenvalue weighted by molar-refractivity contribution is 5.92. The Morgan fingerprint density at radius 3 is 2.59 bits per heavy atom. The van der Waals surface area contributed by atoms with Crippen LogP contribution in [0.5, 0.6) is 11.5 Å². The third-order valence-corrected chi connectivity index (χ3v) is 5.48. The molecule has 0 radical (unpaired) electrons. The first kappa shape index (κ1) is 22.2. The molecule has 3 heterocycles. The fraction of sp³-hybridized carbons (Fsp3) is 0.435. The van der Waals surface area contributed by atoms with Crippen LogP contribution < -0.4 is 10.1 Å². The average Bonchev–Trinajstić information content (AvgIpc) is 2.81. The van der Waals surface area contributed by atoms with Crippen molar-refractivity contribution in [3.63, 3.8) is 0 Å². The highest BCUT2D eigenvalue weighted by Gasteiger charge is 2.42. The summed E-state index contributed by atoms with van der Waals surface area (Å²) in [4.78, 5) is 33.3. The lowest BCUT2D eigenvalue weighted by Crippen LogP contribution is -2.61. The van der Waals surface area contributed by atoms with Crippen molar-refractivity contribution in [3.8, 4) is 11.5 Å². The van der Waals surface area contributed by atoms with Crippen LogP contribution in [0.3, 0.4) is 0 Å². The van der Waals surface area contributed by atoms with Crippen LogP contribution in [0.4, 0.5) is 5.69 Å². The van der Waals surface area contributed by atoms with Gasteiger partial charge in [0.15, 0.2) is 5.60 Å². The number of anilines is 1. The third kappa shape index (κ3) is 5.61. The molecule has 0 saturated carbocycles. The summed E-state index contributed by atoms with van der Waals surface area (Å²) in [6.07, 6.45) is 3.32. The van der Waals surface area contributed by atoms with Gasteiger partial charge in [0.1, 0.15) is 11.5 Å². The first-order valence-corrected chi connectivity index (χ1v) is 10.7. The molecular weight excluding hydrogens is 412 g/mol. The zero-order valence-corrected chi connectivity index (χ0v) is 18.2. The van der Waals surface area contributed by atoms with Gasteiger partial charge in [-0.3, -0.25) is 19.5 Å². The van der Waals surface area contributed by atoms with Crippen molar-refractivity contribution >= 4 is 17.5 Å². The molecule has 2 aromatic rings. The van der Waals surface area contributed by atoms with Crippen molar-refractivity contribution in [2.24, 2.45) is 0 Å². The SMILES string of the molecule is C[C@@]1(C(=O)N2CCOCC2)CN(CC(=O)Nc2ccc(Oc3cccnc3)cc2)CCO1. The summed E-state index contributed by atoms with van der Waals surface area (Å²) < 4.78 is 16.9. The van der Waals surface area contributed by atoms with Crippen LogP contribution in [0, 0.1) is 0 Å². The Bertz CT molecular complexity index is 918. The molecule has 0 bridgehead atoms. The number of carbonyl (C=O) groups is 2. The second kappa shape index (κ2) is 10.1. The number of benzene rings is 1. The van der Waals surface area contributed by atoms with Crippen LogP contribution in [-0.4, -0.2) is 84.7 Å². The van der Waals surface area contributed by atoms with Crippen LogP contribution in [0.15, 0.2) is 48.8 Å². The van der Waals surface area contributed by atoms with Crippen molar-refractivity contribution in [1.82, 2.24) is 14.8 Å². The van der Waals surface area contributed by atoms with Crippen LogP contribution in [0.1, 0.15) is 6.92 Å². The number of amides is 2. The quantitative estimate of drug-likeness (QED) is 0.732. The number of pyridine rings is 1. The lowest BCUT2D eigenvalue weighted by atomic mass is 10.0. The molecule has 32 heavy (non-hydrogen) atoms. The maximum atomic E-state index is 13.0. The first-order valence-electron chi connectivity index (χ1n) is 10.7. The normalized spacial score (nSPS) is 21.7. The van der Waals surface area contributed by atoms with E-state index in [1.54, 1.807) is 54.5 Å². The van der Waals surface area contributed by atoms with Crippen molar-refractivity contribution in [2.45, 2.75) is 12.5 Å². The molecule has 9 nitrogen and oxygen atoms in total. The molecule has 2 aliphatic rings. The molecule has 0 spiro atoms. The Kier molecular flexibility index (Phi) is 6.99. The Morgan fingerprint density at radius 2 is 1.88 bits per heavy atom. The van der Waals surface area contributed by atoms with Crippen LogP contribution in [0.25, 0.3) is 0 Å². The van der Waals surface area contributed by atoms with Gasteiger partial charge in [-0.15, -0.1) is 0 Å². The predicted molar refractivity (Wildman–Crippen MR) is 118 cm³/mol. The second-order valence-electron chi connectivity index (χ2n) is 8.06. The average molecular weight is 441 g/mol. The van der Waals surface area contributed by atoms with E-state index < -0.39 is 5.60 Å². The molecule has 0 unspecified atom stereocenters. The molecule has 2 saturated heterocycles. The van der Waals surface area contributed by atoms with E-state index in [2.05, 4.69) is 10.3 Å². The largest absolute Gasteiger partial charge is 0.456 e. The first-order chi connectivity index (χ1) is 15.5. The molecule has 2 aliphatic heterocycles. The molecule has 170 valence electrons. The summed E-state index contributed by atoms with van der Waals surface area (Å²) in [6, 6.07) is 10.8. The van der Waals surface area contributed by atoms with Gasteiger partial charge in [0.2, 0.25) is 5.91 Å². The summed E-state index contributed by atoms with van der Waals surface area (Å²) in [5.74, 6) is 1.11. The Morgan fingerprint density at radius 1 is 1.09 bits per heavy atom. The highest BCUT2D eigenvalue weighted by Crippen LogP contribution is 2.23. The predicted octanol–water partition coefficient (Wildman–Crippen LogP) is 1.76. The standard InChI is InChI=1S/C23H28N4O5/c1-23(22(29)27-10-12-30-13-11-27)17-26(9-14-31-23)16-21(28)25-18-4-6-19(7-5-18)32-20-3-2-8-24-15-20/h2-8,15H,9-14,16-17H2,1H3,(H,25,28)/t23-/m0/s1. The van der Waals surface area contributed by atoms with Crippen molar-refractivity contribution in [1.29, 1.82) is 0 Å². The summed E-state index contributed by atoms with van der Waals surface area (Å²) >= 11 is 0. The van der Waals surface area contributed by atoms with E-state index >= 15 is 0 Å². The minimum Gasteiger partial charge on any atom is -0.456 e. The Hall–Kier alpha value is -3.01. The van der Waals surface area contributed by atoms with E-state index in [9.17, 15) is 9.59 Å². The second-order valence-corrected chi connectivity index (χ2v) is 8.06. The number of carbonyl (C=O) groups excluding carboxylic acids is 2. The maximum Gasteiger partial charge on any atom is 0.256 e. The van der Waals surface area contributed by atoms with Gasteiger partial charge in [-0.2, -0.15) is 0 Å². The summed E-state index contributed by atoms with van der Waals surface area (Å²) in [5, 5.41) is 2.90. The van der Waals surface area contributed by atoms with Crippen molar-refractivity contribution < 1.29 is 23.8 Å². The van der Waals surface area contributed by atoms with Gasteiger partial charge >= 0.3 is 0 Å². The number of nitrogens with zero attached hydrogens (tertiary/aromatic N) is 3. The van der Waals surface area contributed by atoms with E-state index in [1.165, 1.54) is 0 Å². The van der Waals surface area contributed by atoms with E-state index in [0.29, 0.717) is 63.2 Å². The number of nitrogens with one attached hydrogen (secondary N) is 1. The minimum atomic E-state index is -0.957. The minimum absolute atomic E-state index is 0.0462. The highest BCUT2D eigenvalue weighted by atomic mass is 16.5. The third-order valence-electron chi connectivity index (χ3n) is 5.48. The van der Waals surface area contributed by atoms with Crippen molar-refractivity contribution in [3.05, 3.63) is 48.8 Å². The summed E-state index contributed by atoms with van der Waals surface area (Å²) in [7, 11) is 0. The smallest absolute Gasteiger partial charge is 0.256 e. The van der Waals surface area contributed by atoms with E-state index in [4.69, 9.17) is 14.2 Å². The molecule has 2 amide bonds. The number of morpholine rings is 2. The van der Waals surface area contributed by atoms with Crippen molar-refractivity contribution in [2.75, 3.05) is 57.9 Å². The molecule has 1 aromatic heterocycles. The fourth-order valence-electron chi connectivity index (χ4n) is 3.87. The molecule has 0 aliphatic carbocycles. The van der Waals surface area contributed by atoms with Gasteiger partial charge < -0.3 is 24.4 Å². The van der Waals surface area contributed by atoms with Gasteiger partial charge in [0, 0.05) is 38.1 Å². The van der Waals surface area contributed by atoms with Crippen LogP contribution in [-0.2, 0) is 19.1 Å². The van der Waals surface area contributed by atoms with Crippen LogP contribution >= 0.6 is 0 Å². The molecular formula is C23H28N4O5. The topological polar surface area (TPSA) is 93.2 Å². The van der Waals surface area contributed by atoms with E-state index in [-0.39, 0.29) is 18.4 Å². The van der Waals surface area contributed by atoms with Gasteiger partial charge in [0.25, 0.3) is 5.91 Å². The van der Waals surface area contributed by atoms with Gasteiger partial charge in [-0.05, 0) is 43.3 Å². The number of aromatic nitrogens is 1. The lowest BCUT2D eigenvalue weighted by Gasteiger charge is -2.42. The number of rotatable bonds is 6. The molecule has 1 aromatic carbocycles. The van der Waals surface area contributed by atoms with Gasteiger partial charge in [-0.25, -0.2) is 0 Å². The van der Waals surface area contributed by atoms with Crippen LogP contribution in [0.2, 0.25) is 0 Å². The number of ether oxygens (including phenoxy) is 3. The van der Waals surface area contributed by atoms with E-state index in [1.807, 2.05) is 11.0 Å². The Balaban J connectivity index is 1.29. The van der Waals surface area contributed by atoms with Gasteiger partial charge in [0.05, 0.1) is 32.6 Å². The zero-order chi connectivity index (χ0) is 22.4. The summed E-state index contributed by atoms with van der Waals surface area (Å²) in [5.41, 5.74) is -0.282.